The van der Waals surface area contributed by atoms with Crippen LogP contribution in [-0.4, -0.2) is 40.0 Å². The lowest BCUT2D eigenvalue weighted by Crippen LogP contribution is -2.60. The Morgan fingerprint density at radius 3 is 2.58 bits per heavy atom. The lowest BCUT2D eigenvalue weighted by atomic mass is 10.0. The van der Waals surface area contributed by atoms with Crippen LogP contribution in [0.2, 0.25) is 0 Å². The van der Waals surface area contributed by atoms with Gasteiger partial charge >= 0.3 is 11.9 Å². The van der Waals surface area contributed by atoms with Gasteiger partial charge in [-0.05, 0) is 12.5 Å². The molecule has 0 saturated carbocycles. The number of benzene rings is 1. The molecule has 0 bridgehead atoms. The number of amides is 1. The van der Waals surface area contributed by atoms with Gasteiger partial charge < -0.3 is 14.7 Å². The molecule has 1 aliphatic heterocycles. The van der Waals surface area contributed by atoms with Crippen LogP contribution in [0.1, 0.15) is 12.5 Å². The predicted octanol–water partition coefficient (Wildman–Crippen LogP) is 0.415. The second-order valence-corrected chi connectivity index (χ2v) is 4.46. The number of cyclic esters (lactones) is 1. The minimum atomic E-state index is -2.13. The molecule has 19 heavy (non-hydrogen) atoms. The fourth-order valence-corrected chi connectivity index (χ4v) is 1.90. The molecule has 1 heterocycles. The van der Waals surface area contributed by atoms with Crippen LogP contribution >= 0.6 is 0 Å². The third-order valence-electron chi connectivity index (χ3n) is 2.96. The smallest absolute Gasteiger partial charge is 0.357 e. The van der Waals surface area contributed by atoms with Gasteiger partial charge in [0.15, 0.2) is 0 Å². The Labute approximate surface area is 109 Å². The lowest BCUT2D eigenvalue weighted by Gasteiger charge is -2.35. The van der Waals surface area contributed by atoms with Crippen LogP contribution in [0, 0.1) is 0 Å². The average Bonchev–Trinajstić information content (AvgIpc) is 2.36. The largest absolute Gasteiger partial charge is 0.478 e. The van der Waals surface area contributed by atoms with Crippen molar-refractivity contribution in [3.05, 3.63) is 35.9 Å². The van der Waals surface area contributed by atoms with Crippen molar-refractivity contribution in [2.45, 2.75) is 19.1 Å². The van der Waals surface area contributed by atoms with Crippen LogP contribution in [0.25, 0.3) is 0 Å². The number of aliphatic carboxylic acids is 1. The number of carboxylic acids is 1. The first-order valence-electron chi connectivity index (χ1n) is 5.72. The predicted molar refractivity (Wildman–Crippen MR) is 64.0 cm³/mol. The van der Waals surface area contributed by atoms with E-state index >= 15 is 0 Å². The van der Waals surface area contributed by atoms with Gasteiger partial charge in [0.1, 0.15) is 6.54 Å². The maximum absolute atomic E-state index is 12.1. The second kappa shape index (κ2) is 4.72. The SMILES string of the molecule is CC1(C(=O)O)OC(=O)CN(Cc2ccccc2)C1=O. The normalized spacial score (nSPS) is 23.1. The zero-order chi connectivity index (χ0) is 14.0. The summed E-state index contributed by atoms with van der Waals surface area (Å²) in [4.78, 5) is 35.9. The van der Waals surface area contributed by atoms with Gasteiger partial charge in [-0.3, -0.25) is 9.59 Å². The van der Waals surface area contributed by atoms with Gasteiger partial charge in [0.05, 0.1) is 0 Å². The lowest BCUT2D eigenvalue weighted by molar-refractivity contribution is -0.194. The Morgan fingerprint density at radius 2 is 2.00 bits per heavy atom. The first-order valence-corrected chi connectivity index (χ1v) is 5.72. The molecule has 1 aromatic carbocycles. The first kappa shape index (κ1) is 13.1. The molecule has 0 aromatic heterocycles. The molecule has 1 unspecified atom stereocenters. The molecule has 1 aromatic rings. The molecule has 1 amide bonds. The van der Waals surface area contributed by atoms with E-state index in [1.54, 1.807) is 24.3 Å². The average molecular weight is 263 g/mol. The van der Waals surface area contributed by atoms with Crippen LogP contribution < -0.4 is 0 Å². The molecule has 0 aliphatic carbocycles. The fourth-order valence-electron chi connectivity index (χ4n) is 1.90. The summed E-state index contributed by atoms with van der Waals surface area (Å²) >= 11 is 0. The van der Waals surface area contributed by atoms with E-state index in [0.717, 1.165) is 12.5 Å². The van der Waals surface area contributed by atoms with Crippen molar-refractivity contribution in [3.8, 4) is 0 Å². The maximum atomic E-state index is 12.1. The molecule has 6 heteroatoms. The van der Waals surface area contributed by atoms with E-state index in [0.29, 0.717) is 0 Å². The van der Waals surface area contributed by atoms with Crippen molar-refractivity contribution < 1.29 is 24.2 Å². The summed E-state index contributed by atoms with van der Waals surface area (Å²) in [5.74, 6) is -2.91. The van der Waals surface area contributed by atoms with Gasteiger partial charge in [-0.2, -0.15) is 0 Å². The number of carbonyl (C=O) groups is 3. The summed E-state index contributed by atoms with van der Waals surface area (Å²) in [6.45, 7) is 1.03. The maximum Gasteiger partial charge on any atom is 0.357 e. The molecule has 0 radical (unpaired) electrons. The van der Waals surface area contributed by atoms with E-state index in [1.165, 1.54) is 4.90 Å². The van der Waals surface area contributed by atoms with E-state index < -0.39 is 23.4 Å². The third kappa shape index (κ3) is 2.42. The topological polar surface area (TPSA) is 83.9 Å². The van der Waals surface area contributed by atoms with E-state index in [9.17, 15) is 14.4 Å². The molecule has 1 saturated heterocycles. The van der Waals surface area contributed by atoms with Gasteiger partial charge in [-0.1, -0.05) is 30.3 Å². The standard InChI is InChI=1S/C13H13NO5/c1-13(12(17)18)11(16)14(8-10(15)19-13)7-9-5-3-2-4-6-9/h2-6H,7-8H2,1H3,(H,17,18). The van der Waals surface area contributed by atoms with Crippen LogP contribution in [0.3, 0.4) is 0 Å². The first-order chi connectivity index (χ1) is 8.93. The highest BCUT2D eigenvalue weighted by Gasteiger charge is 2.51. The summed E-state index contributed by atoms with van der Waals surface area (Å²) in [5.41, 5.74) is -1.32. The number of carboxylic acid groups (broad SMARTS) is 1. The number of ether oxygens (including phenoxy) is 1. The number of hydrogen-bond acceptors (Lipinski definition) is 4. The molecule has 0 spiro atoms. The van der Waals surface area contributed by atoms with Crippen molar-refractivity contribution in [1.29, 1.82) is 0 Å². The van der Waals surface area contributed by atoms with Gasteiger partial charge in [-0.15, -0.1) is 0 Å². The fraction of sp³-hybridized carbons (Fsp3) is 0.308. The van der Waals surface area contributed by atoms with Gasteiger partial charge in [0.25, 0.3) is 11.5 Å². The number of rotatable bonds is 3. The van der Waals surface area contributed by atoms with E-state index in [2.05, 4.69) is 4.74 Å². The van der Waals surface area contributed by atoms with Crippen LogP contribution in [0.5, 0.6) is 0 Å². The zero-order valence-electron chi connectivity index (χ0n) is 10.3. The molecule has 1 N–H and O–H groups in total. The Kier molecular flexibility index (Phi) is 3.25. The monoisotopic (exact) mass is 263 g/mol. The number of nitrogens with zero attached hydrogens (tertiary/aromatic N) is 1. The van der Waals surface area contributed by atoms with E-state index in [1.807, 2.05) is 6.07 Å². The number of hydrogen-bond donors (Lipinski definition) is 1. The van der Waals surface area contributed by atoms with E-state index in [4.69, 9.17) is 5.11 Å². The molecule has 100 valence electrons. The summed E-state index contributed by atoms with van der Waals surface area (Å²) in [7, 11) is 0. The van der Waals surface area contributed by atoms with Crippen LogP contribution in [0.15, 0.2) is 30.3 Å². The van der Waals surface area contributed by atoms with Gasteiger partial charge in [0, 0.05) is 6.54 Å². The van der Waals surface area contributed by atoms with Crippen molar-refractivity contribution >= 4 is 17.8 Å². The Balaban J connectivity index is 2.23. The van der Waals surface area contributed by atoms with Crippen molar-refractivity contribution in [3.63, 3.8) is 0 Å². The summed E-state index contributed by atoms with van der Waals surface area (Å²) in [5, 5.41) is 9.04. The summed E-state index contributed by atoms with van der Waals surface area (Å²) in [6.07, 6.45) is 0. The van der Waals surface area contributed by atoms with Gasteiger partial charge in [-0.25, -0.2) is 4.79 Å². The molecular weight excluding hydrogens is 250 g/mol. The third-order valence-corrected chi connectivity index (χ3v) is 2.96. The summed E-state index contributed by atoms with van der Waals surface area (Å²) in [6, 6.07) is 9.03. The van der Waals surface area contributed by atoms with E-state index in [-0.39, 0.29) is 13.1 Å². The molecule has 6 nitrogen and oxygen atoms in total. The highest BCUT2D eigenvalue weighted by atomic mass is 16.6. The van der Waals surface area contributed by atoms with Crippen molar-refractivity contribution in [1.82, 2.24) is 4.90 Å². The molecule has 1 atom stereocenters. The number of morpholine rings is 1. The molecular formula is C13H13NO5. The zero-order valence-corrected chi connectivity index (χ0v) is 10.3. The number of carbonyl (C=O) groups excluding carboxylic acids is 2. The second-order valence-electron chi connectivity index (χ2n) is 4.46. The summed E-state index contributed by atoms with van der Waals surface area (Å²) < 4.78 is 4.69. The Morgan fingerprint density at radius 1 is 1.37 bits per heavy atom. The number of esters is 1. The van der Waals surface area contributed by atoms with Crippen LogP contribution in [0.4, 0.5) is 0 Å². The van der Waals surface area contributed by atoms with Crippen molar-refractivity contribution in [2.24, 2.45) is 0 Å². The molecule has 1 fully saturated rings. The minimum absolute atomic E-state index is 0.178. The highest BCUT2D eigenvalue weighted by Crippen LogP contribution is 2.22. The van der Waals surface area contributed by atoms with Crippen LogP contribution in [-0.2, 0) is 25.7 Å². The van der Waals surface area contributed by atoms with Crippen molar-refractivity contribution in [2.75, 3.05) is 6.54 Å². The minimum Gasteiger partial charge on any atom is -0.478 e. The van der Waals surface area contributed by atoms with Gasteiger partial charge in [0.2, 0.25) is 0 Å². The highest BCUT2D eigenvalue weighted by molar-refractivity contribution is 6.08. The quantitative estimate of drug-likeness (QED) is 0.631. The Bertz CT molecular complexity index is 527. The molecule has 1 aliphatic rings. The Hall–Kier alpha value is -2.37. The molecule has 2 rings (SSSR count).